The van der Waals surface area contributed by atoms with Gasteiger partial charge >= 0.3 is 0 Å². The van der Waals surface area contributed by atoms with Crippen LogP contribution in [-0.2, 0) is 0 Å². The third-order valence-electron chi connectivity index (χ3n) is 2.91. The van der Waals surface area contributed by atoms with Gasteiger partial charge in [-0.25, -0.2) is 4.98 Å². The number of ether oxygens (including phenoxy) is 1. The standard InChI is InChI=1S/C14H14ClN5O/c1-9-3-2-4-10(7-9)21-6-5-16-12-11-13(18-8-17-11)20-14(15)19-12/h2-4,7-8H,5-6H2,1H3,(H2,16,17,18,19,20). The molecule has 0 saturated carbocycles. The minimum absolute atomic E-state index is 0.164. The minimum Gasteiger partial charge on any atom is -0.492 e. The number of benzene rings is 1. The molecule has 1 aromatic carbocycles. The molecule has 108 valence electrons. The zero-order valence-electron chi connectivity index (χ0n) is 11.4. The van der Waals surface area contributed by atoms with Crippen molar-refractivity contribution >= 4 is 28.6 Å². The van der Waals surface area contributed by atoms with Crippen LogP contribution in [0.25, 0.3) is 11.2 Å². The highest BCUT2D eigenvalue weighted by Crippen LogP contribution is 2.18. The molecule has 2 heterocycles. The van der Waals surface area contributed by atoms with Gasteiger partial charge in [-0.1, -0.05) is 12.1 Å². The fourth-order valence-corrected chi connectivity index (χ4v) is 2.14. The molecular weight excluding hydrogens is 290 g/mol. The summed E-state index contributed by atoms with van der Waals surface area (Å²) in [5.74, 6) is 1.47. The van der Waals surface area contributed by atoms with Gasteiger partial charge in [0.2, 0.25) is 5.28 Å². The molecule has 0 spiro atoms. The Morgan fingerprint density at radius 1 is 1.33 bits per heavy atom. The molecule has 6 nitrogen and oxygen atoms in total. The molecule has 7 heteroatoms. The Bertz CT molecular complexity index is 758. The van der Waals surface area contributed by atoms with Crippen molar-refractivity contribution in [1.29, 1.82) is 0 Å². The summed E-state index contributed by atoms with van der Waals surface area (Å²) in [4.78, 5) is 15.2. The first-order valence-electron chi connectivity index (χ1n) is 6.52. The number of imidazole rings is 1. The van der Waals surface area contributed by atoms with Crippen LogP contribution < -0.4 is 10.1 Å². The number of hydrogen-bond donors (Lipinski definition) is 2. The summed E-state index contributed by atoms with van der Waals surface area (Å²) in [5, 5.41) is 3.33. The maximum atomic E-state index is 5.86. The molecule has 0 aliphatic carbocycles. The molecule has 0 unspecified atom stereocenters. The number of fused-ring (bicyclic) bond motifs is 1. The second kappa shape index (κ2) is 5.97. The number of aromatic nitrogens is 4. The lowest BCUT2D eigenvalue weighted by atomic mass is 10.2. The molecule has 0 amide bonds. The summed E-state index contributed by atoms with van der Waals surface area (Å²) in [6, 6.07) is 7.93. The molecule has 0 aliphatic rings. The quantitative estimate of drug-likeness (QED) is 0.560. The van der Waals surface area contributed by atoms with E-state index >= 15 is 0 Å². The Kier molecular flexibility index (Phi) is 3.87. The number of nitrogens with one attached hydrogen (secondary N) is 2. The van der Waals surface area contributed by atoms with E-state index in [1.807, 2.05) is 31.2 Å². The molecule has 2 aromatic heterocycles. The number of anilines is 1. The van der Waals surface area contributed by atoms with Gasteiger partial charge in [0.05, 0.1) is 12.9 Å². The molecule has 0 saturated heterocycles. The Labute approximate surface area is 126 Å². The van der Waals surface area contributed by atoms with Crippen LogP contribution in [0.15, 0.2) is 30.6 Å². The van der Waals surface area contributed by atoms with Crippen LogP contribution in [0.3, 0.4) is 0 Å². The van der Waals surface area contributed by atoms with Crippen molar-refractivity contribution in [1.82, 2.24) is 19.9 Å². The van der Waals surface area contributed by atoms with Gasteiger partial charge in [0.1, 0.15) is 17.9 Å². The van der Waals surface area contributed by atoms with Crippen LogP contribution in [0.5, 0.6) is 5.75 Å². The molecule has 0 aliphatic heterocycles. The van der Waals surface area contributed by atoms with Gasteiger partial charge in [0.15, 0.2) is 11.5 Å². The Morgan fingerprint density at radius 2 is 2.24 bits per heavy atom. The highest BCUT2D eigenvalue weighted by Gasteiger charge is 2.08. The van der Waals surface area contributed by atoms with Gasteiger partial charge in [-0.2, -0.15) is 9.97 Å². The lowest BCUT2D eigenvalue weighted by molar-refractivity contribution is 0.332. The highest BCUT2D eigenvalue weighted by molar-refractivity contribution is 6.28. The summed E-state index contributed by atoms with van der Waals surface area (Å²) >= 11 is 5.86. The van der Waals surface area contributed by atoms with E-state index in [2.05, 4.69) is 25.3 Å². The molecule has 3 aromatic rings. The van der Waals surface area contributed by atoms with Crippen LogP contribution in [0.2, 0.25) is 5.28 Å². The van der Waals surface area contributed by atoms with E-state index in [0.29, 0.717) is 24.6 Å². The Hall–Kier alpha value is -2.34. The summed E-state index contributed by atoms with van der Waals surface area (Å²) < 4.78 is 5.67. The first kappa shape index (κ1) is 13.6. The largest absolute Gasteiger partial charge is 0.492 e. The van der Waals surface area contributed by atoms with Crippen LogP contribution in [-0.4, -0.2) is 33.1 Å². The maximum absolute atomic E-state index is 5.86. The van der Waals surface area contributed by atoms with Gasteiger partial charge in [0, 0.05) is 0 Å². The minimum atomic E-state index is 0.164. The van der Waals surface area contributed by atoms with Crippen molar-refractivity contribution in [2.75, 3.05) is 18.5 Å². The summed E-state index contributed by atoms with van der Waals surface area (Å²) in [6.45, 7) is 3.14. The van der Waals surface area contributed by atoms with Crippen molar-refractivity contribution in [3.05, 3.63) is 41.4 Å². The maximum Gasteiger partial charge on any atom is 0.226 e. The predicted molar refractivity (Wildman–Crippen MR) is 81.9 cm³/mol. The van der Waals surface area contributed by atoms with Crippen molar-refractivity contribution in [2.24, 2.45) is 0 Å². The monoisotopic (exact) mass is 303 g/mol. The fourth-order valence-electron chi connectivity index (χ4n) is 1.98. The van der Waals surface area contributed by atoms with Gasteiger partial charge in [0.25, 0.3) is 0 Å². The lowest BCUT2D eigenvalue weighted by Crippen LogP contribution is -2.13. The van der Waals surface area contributed by atoms with E-state index < -0.39 is 0 Å². The number of nitrogens with zero attached hydrogens (tertiary/aromatic N) is 3. The summed E-state index contributed by atoms with van der Waals surface area (Å²) in [7, 11) is 0. The van der Waals surface area contributed by atoms with E-state index in [1.165, 1.54) is 5.56 Å². The van der Waals surface area contributed by atoms with Crippen molar-refractivity contribution < 1.29 is 4.74 Å². The second-order valence-electron chi connectivity index (χ2n) is 4.53. The van der Waals surface area contributed by atoms with Crippen LogP contribution >= 0.6 is 11.6 Å². The van der Waals surface area contributed by atoms with Gasteiger partial charge in [-0.15, -0.1) is 0 Å². The zero-order chi connectivity index (χ0) is 14.7. The van der Waals surface area contributed by atoms with Crippen LogP contribution in [0, 0.1) is 6.92 Å². The van der Waals surface area contributed by atoms with Gasteiger partial charge in [-0.3, -0.25) is 0 Å². The molecule has 0 radical (unpaired) electrons. The van der Waals surface area contributed by atoms with E-state index in [9.17, 15) is 0 Å². The third-order valence-corrected chi connectivity index (χ3v) is 3.08. The smallest absolute Gasteiger partial charge is 0.226 e. The van der Waals surface area contributed by atoms with Gasteiger partial charge in [-0.05, 0) is 36.2 Å². The number of hydrogen-bond acceptors (Lipinski definition) is 5. The van der Waals surface area contributed by atoms with Crippen molar-refractivity contribution in [2.45, 2.75) is 6.92 Å². The van der Waals surface area contributed by atoms with E-state index in [0.717, 1.165) is 11.3 Å². The zero-order valence-corrected chi connectivity index (χ0v) is 12.2. The average Bonchev–Trinajstić information content (AvgIpc) is 2.91. The topological polar surface area (TPSA) is 75.7 Å². The Balaban J connectivity index is 1.61. The number of aromatic amines is 1. The van der Waals surface area contributed by atoms with Crippen molar-refractivity contribution in [3.63, 3.8) is 0 Å². The number of H-pyrrole nitrogens is 1. The van der Waals surface area contributed by atoms with Crippen LogP contribution in [0.1, 0.15) is 5.56 Å². The highest BCUT2D eigenvalue weighted by atomic mass is 35.5. The number of aryl methyl sites for hydroxylation is 1. The molecule has 0 fully saturated rings. The van der Waals surface area contributed by atoms with E-state index in [-0.39, 0.29) is 5.28 Å². The summed E-state index contributed by atoms with van der Waals surface area (Å²) in [5.41, 5.74) is 2.44. The summed E-state index contributed by atoms with van der Waals surface area (Å²) in [6.07, 6.45) is 1.56. The molecule has 21 heavy (non-hydrogen) atoms. The molecule has 0 bridgehead atoms. The SMILES string of the molecule is Cc1cccc(OCCNc2nc(Cl)nc3nc[nH]c23)c1. The average molecular weight is 304 g/mol. The third kappa shape index (κ3) is 3.22. The van der Waals surface area contributed by atoms with Gasteiger partial charge < -0.3 is 15.0 Å². The molecular formula is C14H14ClN5O. The molecule has 0 atom stereocenters. The second-order valence-corrected chi connectivity index (χ2v) is 4.87. The van der Waals surface area contributed by atoms with E-state index in [4.69, 9.17) is 16.3 Å². The normalized spacial score (nSPS) is 10.8. The molecule has 2 N–H and O–H groups in total. The lowest BCUT2D eigenvalue weighted by Gasteiger charge is -2.09. The fraction of sp³-hybridized carbons (Fsp3) is 0.214. The van der Waals surface area contributed by atoms with Crippen LogP contribution in [0.4, 0.5) is 5.82 Å². The van der Waals surface area contributed by atoms with E-state index in [1.54, 1.807) is 6.33 Å². The predicted octanol–water partition coefficient (Wildman–Crippen LogP) is 2.81. The van der Waals surface area contributed by atoms with Crippen molar-refractivity contribution in [3.8, 4) is 5.75 Å². The number of halogens is 1. The number of rotatable bonds is 5. The Morgan fingerprint density at radius 3 is 3.10 bits per heavy atom. The first-order valence-corrected chi connectivity index (χ1v) is 6.90. The molecule has 3 rings (SSSR count). The first-order chi connectivity index (χ1) is 10.2.